The van der Waals surface area contributed by atoms with E-state index in [9.17, 15) is 24.9 Å². The van der Waals surface area contributed by atoms with Gasteiger partial charge in [0.2, 0.25) is 0 Å². The molecule has 0 fully saturated rings. The molecule has 0 aromatic rings. The Morgan fingerprint density at radius 1 is 0.629 bits per heavy atom. The molecule has 0 saturated carbocycles. The zero-order valence-corrected chi connectivity index (χ0v) is 25.9. The van der Waals surface area contributed by atoms with Crippen molar-refractivity contribution in [1.82, 2.24) is 0 Å². The van der Waals surface area contributed by atoms with Crippen LogP contribution in [0.4, 0.5) is 0 Å². The summed E-state index contributed by atoms with van der Waals surface area (Å²) in [5.41, 5.74) is 0. The summed E-state index contributed by atoms with van der Waals surface area (Å²) >= 11 is 0. The van der Waals surface area contributed by atoms with Gasteiger partial charge in [-0.1, -0.05) is 112 Å². The maximum atomic E-state index is 10.9. The number of hydrogen-bond acceptors (Lipinski definition) is 6. The molecule has 206 valence electrons. The molecule has 0 rings (SSSR count). The molecular weight excluding hydrogens is 554 g/mol. The van der Waals surface area contributed by atoms with E-state index in [0.29, 0.717) is 18.6 Å². The van der Waals surface area contributed by atoms with Crippen molar-refractivity contribution in [3.05, 3.63) is 12.2 Å². The Bertz CT molecular complexity index is 448. The molecule has 0 spiro atoms. The van der Waals surface area contributed by atoms with Gasteiger partial charge in [0.15, 0.2) is 0 Å². The maximum absolute atomic E-state index is 10.9. The van der Waals surface area contributed by atoms with Gasteiger partial charge in [-0.3, -0.25) is 0 Å². The normalized spacial score (nSPS) is 10.5. The number of rotatable bonds is 18. The Hall–Kier alpha value is -0.582. The van der Waals surface area contributed by atoms with Crippen LogP contribution in [0, 0.1) is 17.8 Å². The molecule has 6 nitrogen and oxygen atoms in total. The molecule has 7 heteroatoms. The predicted molar refractivity (Wildman–Crippen MR) is 141 cm³/mol. The van der Waals surface area contributed by atoms with Crippen molar-refractivity contribution in [3.63, 3.8) is 0 Å². The Kier molecular flexibility index (Phi) is 39.7. The van der Waals surface area contributed by atoms with E-state index in [-0.39, 0.29) is 37.6 Å². The molecule has 0 aliphatic carbocycles. The zero-order valence-electron chi connectivity index (χ0n) is 23.4. The summed E-state index contributed by atoms with van der Waals surface area (Å²) in [5, 5.41) is 29.9. The van der Waals surface area contributed by atoms with Crippen LogP contribution in [0.5, 0.6) is 0 Å². The van der Waals surface area contributed by atoms with Gasteiger partial charge in [0, 0.05) is 6.08 Å². The van der Waals surface area contributed by atoms with Crippen LogP contribution >= 0.6 is 0 Å². The molecular formula is C28H53O6Sb. The molecule has 0 saturated heterocycles. The van der Waals surface area contributed by atoms with Gasteiger partial charge >= 0.3 is 30.4 Å². The van der Waals surface area contributed by atoms with Crippen molar-refractivity contribution in [2.75, 3.05) is 19.8 Å². The van der Waals surface area contributed by atoms with Crippen LogP contribution in [-0.2, 0) is 14.3 Å². The summed E-state index contributed by atoms with van der Waals surface area (Å²) < 4.78 is 4.78. The van der Waals surface area contributed by atoms with E-state index < -0.39 is 11.9 Å². The number of ether oxygens (including phenoxy) is 1. The zero-order chi connectivity index (χ0) is 26.6. The summed E-state index contributed by atoms with van der Waals surface area (Å²) in [6, 6.07) is 0. The molecule has 0 aromatic carbocycles. The summed E-state index contributed by atoms with van der Waals surface area (Å²) in [5.74, 6) is 0.281. The third-order valence-electron chi connectivity index (χ3n) is 4.88. The Labute approximate surface area is 233 Å². The number of unbranched alkanes of at least 4 members (excludes halogenated alkanes) is 6. The quantitative estimate of drug-likeness (QED) is 0.101. The standard InChI is InChI=1S/C12H20O4.2C8H17O.Sb/c1-10(2)6-4-3-5-9-16-12(15)8-7-11(13)14;2*1-8(2)6-4-3-5-7-9;/h7-8,10H,3-6,9H2,1-2H3,(H,13,14);2*8H,3-7H2,1-2H3;/q;2*-1;+3/p-1/b8-7-;;;. The van der Waals surface area contributed by atoms with Crippen LogP contribution in [0.1, 0.15) is 119 Å². The van der Waals surface area contributed by atoms with Crippen molar-refractivity contribution in [2.24, 2.45) is 17.8 Å². The third kappa shape index (κ3) is 51.1. The fourth-order valence-corrected chi connectivity index (χ4v) is 2.85. The third-order valence-corrected chi connectivity index (χ3v) is 4.88. The maximum Gasteiger partial charge on any atom is 3.00 e. The molecule has 0 aliphatic rings. The van der Waals surface area contributed by atoms with Crippen molar-refractivity contribution in [3.8, 4) is 0 Å². The number of aliphatic carboxylic acids is 1. The molecule has 0 unspecified atom stereocenters. The van der Waals surface area contributed by atoms with Crippen molar-refractivity contribution in [2.45, 2.75) is 119 Å². The minimum absolute atomic E-state index is 0. The summed E-state index contributed by atoms with van der Waals surface area (Å²) in [7, 11) is 0. The van der Waals surface area contributed by atoms with Crippen LogP contribution in [0.15, 0.2) is 12.2 Å². The molecule has 0 aliphatic heterocycles. The van der Waals surface area contributed by atoms with E-state index in [0.717, 1.165) is 62.9 Å². The van der Waals surface area contributed by atoms with E-state index in [1.54, 1.807) is 0 Å². The number of carbonyl (C=O) groups excluding carboxylic acids is 2. The van der Waals surface area contributed by atoms with Gasteiger partial charge in [0.25, 0.3) is 0 Å². The smallest absolute Gasteiger partial charge is 0.854 e. The topological polar surface area (TPSA) is 113 Å². The molecule has 0 N–H and O–H groups in total. The number of carboxylic acid groups (broad SMARTS) is 1. The van der Waals surface area contributed by atoms with E-state index in [2.05, 4.69) is 41.5 Å². The molecule has 2 radical (unpaired) electrons. The first-order valence-electron chi connectivity index (χ1n) is 13.3. The molecule has 0 atom stereocenters. The fraction of sp³-hybridized carbons (Fsp3) is 0.857. The molecule has 0 heterocycles. The van der Waals surface area contributed by atoms with Gasteiger partial charge in [0.1, 0.15) is 0 Å². The minimum Gasteiger partial charge on any atom is -0.854 e. The van der Waals surface area contributed by atoms with E-state index in [4.69, 9.17) is 4.74 Å². The Morgan fingerprint density at radius 2 is 1.00 bits per heavy atom. The Balaban J connectivity index is -0.000000218. The van der Waals surface area contributed by atoms with Crippen LogP contribution in [0.2, 0.25) is 0 Å². The summed E-state index contributed by atoms with van der Waals surface area (Å²) in [6.45, 7) is 13.8. The second-order valence-electron chi connectivity index (χ2n) is 9.96. The van der Waals surface area contributed by atoms with E-state index in [1.165, 1.54) is 32.1 Å². The molecule has 35 heavy (non-hydrogen) atoms. The van der Waals surface area contributed by atoms with Gasteiger partial charge in [-0.25, -0.2) is 4.79 Å². The van der Waals surface area contributed by atoms with Crippen LogP contribution < -0.4 is 15.3 Å². The number of carboxylic acids is 1. The number of carbonyl (C=O) groups is 2. The SMILES string of the molecule is CC(C)CCCCCOC(=O)/C=C\C(=O)[O-].CC(C)CCCCC[O-].CC(C)CCCCC[O-].[Sb+3]. The van der Waals surface area contributed by atoms with Gasteiger partial charge in [-0.2, -0.15) is 0 Å². The predicted octanol–water partition coefficient (Wildman–Crippen LogP) is 3.80. The summed E-state index contributed by atoms with van der Waals surface area (Å²) in [6.07, 6.45) is 14.7. The average molecular weight is 607 g/mol. The van der Waals surface area contributed by atoms with Crippen molar-refractivity contribution in [1.29, 1.82) is 0 Å². The van der Waals surface area contributed by atoms with Gasteiger partial charge < -0.3 is 24.9 Å². The monoisotopic (exact) mass is 606 g/mol. The fourth-order valence-electron chi connectivity index (χ4n) is 2.85. The van der Waals surface area contributed by atoms with Gasteiger partial charge in [0.05, 0.1) is 12.6 Å². The largest absolute Gasteiger partial charge is 3.00 e. The van der Waals surface area contributed by atoms with E-state index >= 15 is 0 Å². The first-order chi connectivity index (χ1) is 16.1. The second kappa shape index (κ2) is 33.4. The number of hydrogen-bond donors (Lipinski definition) is 0. The van der Waals surface area contributed by atoms with Crippen LogP contribution in [0.25, 0.3) is 0 Å². The van der Waals surface area contributed by atoms with Crippen LogP contribution in [-0.4, -0.2) is 56.2 Å². The summed E-state index contributed by atoms with van der Waals surface area (Å²) in [4.78, 5) is 20.9. The Morgan fingerprint density at radius 3 is 1.31 bits per heavy atom. The van der Waals surface area contributed by atoms with Crippen molar-refractivity contribution < 1.29 is 29.6 Å². The molecule has 0 bridgehead atoms. The first kappa shape index (κ1) is 41.5. The van der Waals surface area contributed by atoms with Crippen molar-refractivity contribution >= 4 is 36.4 Å². The van der Waals surface area contributed by atoms with Gasteiger partial charge in [-0.05, 0) is 30.3 Å². The van der Waals surface area contributed by atoms with Crippen LogP contribution in [0.3, 0.4) is 0 Å². The first-order valence-corrected chi connectivity index (χ1v) is 13.3. The number of esters is 1. The van der Waals surface area contributed by atoms with E-state index in [1.807, 2.05) is 0 Å². The average Bonchev–Trinajstić information content (AvgIpc) is 2.76. The minimum atomic E-state index is -1.39. The molecule has 0 amide bonds. The second-order valence-corrected chi connectivity index (χ2v) is 9.96. The molecule has 0 aromatic heterocycles. The van der Waals surface area contributed by atoms with Gasteiger partial charge in [-0.15, -0.1) is 13.2 Å².